The first-order valence-electron chi connectivity index (χ1n) is 4.64. The number of methoxy groups -OCH3 is 1. The number of hydrogen-bond donors (Lipinski definition) is 0. The smallest absolute Gasteiger partial charge is 0.216 e. The number of hydrogen-bond acceptors (Lipinski definition) is 5. The molecule has 0 N–H and O–H groups in total. The second kappa shape index (κ2) is 4.35. The van der Waals surface area contributed by atoms with E-state index in [1.807, 2.05) is 5.38 Å². The average Bonchev–Trinajstić information content (AvgIpc) is 2.78. The second-order valence-corrected chi connectivity index (χ2v) is 3.80. The molecule has 15 heavy (non-hydrogen) atoms. The van der Waals surface area contributed by atoms with Gasteiger partial charge in [-0.2, -0.15) is 0 Å². The molecule has 0 aliphatic rings. The maximum atomic E-state index is 5.04. The molecule has 4 nitrogen and oxygen atoms in total. The molecule has 2 rings (SSSR count). The molecule has 0 aliphatic heterocycles. The lowest BCUT2D eigenvalue weighted by atomic mass is 10.4. The standard InChI is InChI=1S/C10H11N3OS/c1-3-7-5-15-10(13-7)8-4-9(14-2)12-6-11-8/h4-6H,3H2,1-2H3. The Morgan fingerprint density at radius 3 is 2.93 bits per heavy atom. The van der Waals surface area contributed by atoms with Crippen molar-refractivity contribution in [3.05, 3.63) is 23.5 Å². The number of rotatable bonds is 3. The summed E-state index contributed by atoms with van der Waals surface area (Å²) in [5, 5.41) is 2.96. The van der Waals surface area contributed by atoms with Crippen molar-refractivity contribution in [2.75, 3.05) is 7.11 Å². The Bertz CT molecular complexity index is 455. The Hall–Kier alpha value is -1.49. The summed E-state index contributed by atoms with van der Waals surface area (Å²) < 4.78 is 5.04. The van der Waals surface area contributed by atoms with Gasteiger partial charge in [0.15, 0.2) is 0 Å². The molecular weight excluding hydrogens is 210 g/mol. The molecule has 0 atom stereocenters. The lowest BCUT2D eigenvalue weighted by Gasteiger charge is -1.98. The molecule has 0 radical (unpaired) electrons. The summed E-state index contributed by atoms with van der Waals surface area (Å²) in [4.78, 5) is 12.6. The van der Waals surface area contributed by atoms with Gasteiger partial charge >= 0.3 is 0 Å². The van der Waals surface area contributed by atoms with Gasteiger partial charge < -0.3 is 4.74 Å². The van der Waals surface area contributed by atoms with Gasteiger partial charge in [0.05, 0.1) is 12.8 Å². The zero-order chi connectivity index (χ0) is 10.7. The molecule has 0 aliphatic carbocycles. The lowest BCUT2D eigenvalue weighted by Crippen LogP contribution is -1.90. The maximum absolute atomic E-state index is 5.04. The highest BCUT2D eigenvalue weighted by Crippen LogP contribution is 2.23. The van der Waals surface area contributed by atoms with E-state index in [1.54, 1.807) is 24.5 Å². The van der Waals surface area contributed by atoms with E-state index in [2.05, 4.69) is 21.9 Å². The Morgan fingerprint density at radius 1 is 1.40 bits per heavy atom. The summed E-state index contributed by atoms with van der Waals surface area (Å²) in [5.74, 6) is 0.563. The SMILES string of the molecule is CCc1csc(-c2cc(OC)ncn2)n1. The molecule has 5 heteroatoms. The van der Waals surface area contributed by atoms with Crippen molar-refractivity contribution < 1.29 is 4.74 Å². The van der Waals surface area contributed by atoms with Gasteiger partial charge in [-0.05, 0) is 6.42 Å². The van der Waals surface area contributed by atoms with Crippen molar-refractivity contribution in [3.8, 4) is 16.6 Å². The van der Waals surface area contributed by atoms with Crippen LogP contribution in [0, 0.1) is 0 Å². The minimum atomic E-state index is 0.563. The van der Waals surface area contributed by atoms with E-state index in [0.717, 1.165) is 22.8 Å². The van der Waals surface area contributed by atoms with Crippen LogP contribution in [0.1, 0.15) is 12.6 Å². The second-order valence-electron chi connectivity index (χ2n) is 2.94. The van der Waals surface area contributed by atoms with Gasteiger partial charge in [-0.3, -0.25) is 0 Å². The highest BCUT2D eigenvalue weighted by Gasteiger charge is 2.06. The van der Waals surface area contributed by atoms with Gasteiger partial charge in [0, 0.05) is 11.4 Å². The van der Waals surface area contributed by atoms with Crippen molar-refractivity contribution in [1.82, 2.24) is 15.0 Å². The number of aromatic nitrogens is 3. The maximum Gasteiger partial charge on any atom is 0.216 e. The third-order valence-corrected chi connectivity index (χ3v) is 2.90. The van der Waals surface area contributed by atoms with Crippen LogP contribution in [0.3, 0.4) is 0 Å². The normalized spacial score (nSPS) is 10.3. The van der Waals surface area contributed by atoms with E-state index in [4.69, 9.17) is 4.74 Å². The van der Waals surface area contributed by atoms with Crippen molar-refractivity contribution in [1.29, 1.82) is 0 Å². The number of nitrogens with zero attached hydrogens (tertiary/aromatic N) is 3. The van der Waals surface area contributed by atoms with Crippen molar-refractivity contribution in [2.24, 2.45) is 0 Å². The van der Waals surface area contributed by atoms with E-state index in [-0.39, 0.29) is 0 Å². The molecule has 0 amide bonds. The zero-order valence-corrected chi connectivity index (χ0v) is 9.41. The van der Waals surface area contributed by atoms with Crippen LogP contribution in [0.5, 0.6) is 5.88 Å². The van der Waals surface area contributed by atoms with Crippen LogP contribution >= 0.6 is 11.3 Å². The van der Waals surface area contributed by atoms with Crippen LogP contribution in [-0.2, 0) is 6.42 Å². The van der Waals surface area contributed by atoms with Crippen LogP contribution in [0.25, 0.3) is 10.7 Å². The lowest BCUT2D eigenvalue weighted by molar-refractivity contribution is 0.397. The molecule has 2 aromatic rings. The molecule has 0 spiro atoms. The molecule has 0 aromatic carbocycles. The monoisotopic (exact) mass is 221 g/mol. The van der Waals surface area contributed by atoms with Crippen molar-refractivity contribution in [2.45, 2.75) is 13.3 Å². The van der Waals surface area contributed by atoms with Gasteiger partial charge in [0.25, 0.3) is 0 Å². The number of ether oxygens (including phenoxy) is 1. The third-order valence-electron chi connectivity index (χ3n) is 1.98. The summed E-state index contributed by atoms with van der Waals surface area (Å²) in [6.07, 6.45) is 2.43. The minimum Gasteiger partial charge on any atom is -0.481 e. The summed E-state index contributed by atoms with van der Waals surface area (Å²) in [6.45, 7) is 2.08. The van der Waals surface area contributed by atoms with Crippen molar-refractivity contribution >= 4 is 11.3 Å². The van der Waals surface area contributed by atoms with Gasteiger partial charge in [-0.1, -0.05) is 6.92 Å². The largest absolute Gasteiger partial charge is 0.481 e. The highest BCUT2D eigenvalue weighted by atomic mass is 32.1. The van der Waals surface area contributed by atoms with Crippen LogP contribution in [0.2, 0.25) is 0 Å². The summed E-state index contributed by atoms with van der Waals surface area (Å²) >= 11 is 1.59. The van der Waals surface area contributed by atoms with E-state index in [0.29, 0.717) is 5.88 Å². The molecule has 0 unspecified atom stereocenters. The predicted octanol–water partition coefficient (Wildman–Crippen LogP) is 2.17. The Balaban J connectivity index is 2.35. The van der Waals surface area contributed by atoms with Crippen LogP contribution in [0.4, 0.5) is 0 Å². The summed E-state index contributed by atoms with van der Waals surface area (Å²) in [5.41, 5.74) is 1.90. The number of aryl methyl sites for hydroxylation is 1. The van der Waals surface area contributed by atoms with Gasteiger partial charge in [0.1, 0.15) is 17.0 Å². The van der Waals surface area contributed by atoms with Gasteiger partial charge in [0.2, 0.25) is 5.88 Å². The topological polar surface area (TPSA) is 47.9 Å². The highest BCUT2D eigenvalue weighted by molar-refractivity contribution is 7.13. The van der Waals surface area contributed by atoms with E-state index < -0.39 is 0 Å². The fourth-order valence-corrected chi connectivity index (χ4v) is 2.02. The van der Waals surface area contributed by atoms with Gasteiger partial charge in [-0.15, -0.1) is 11.3 Å². The first kappa shape index (κ1) is 10.0. The first-order chi connectivity index (χ1) is 7.33. The van der Waals surface area contributed by atoms with E-state index in [9.17, 15) is 0 Å². The average molecular weight is 221 g/mol. The minimum absolute atomic E-state index is 0.563. The molecule has 0 bridgehead atoms. The molecule has 0 saturated heterocycles. The van der Waals surface area contributed by atoms with E-state index in [1.165, 1.54) is 6.33 Å². The van der Waals surface area contributed by atoms with Crippen LogP contribution in [-0.4, -0.2) is 22.1 Å². The number of thiazole rings is 1. The molecule has 2 aromatic heterocycles. The van der Waals surface area contributed by atoms with Crippen LogP contribution in [0.15, 0.2) is 17.8 Å². The molecule has 0 fully saturated rings. The third kappa shape index (κ3) is 2.12. The first-order valence-corrected chi connectivity index (χ1v) is 5.52. The van der Waals surface area contributed by atoms with Crippen LogP contribution < -0.4 is 4.74 Å². The quantitative estimate of drug-likeness (QED) is 0.797. The molecule has 0 saturated carbocycles. The Kier molecular flexibility index (Phi) is 2.91. The Labute approximate surface area is 92.0 Å². The fraction of sp³-hybridized carbons (Fsp3) is 0.300. The van der Waals surface area contributed by atoms with Gasteiger partial charge in [-0.25, -0.2) is 15.0 Å². The van der Waals surface area contributed by atoms with Crippen molar-refractivity contribution in [3.63, 3.8) is 0 Å². The van der Waals surface area contributed by atoms with E-state index >= 15 is 0 Å². The fourth-order valence-electron chi connectivity index (χ4n) is 1.16. The summed E-state index contributed by atoms with van der Waals surface area (Å²) in [6, 6.07) is 1.79. The molecular formula is C10H11N3OS. The summed E-state index contributed by atoms with van der Waals surface area (Å²) in [7, 11) is 1.59. The molecule has 2 heterocycles. The predicted molar refractivity (Wildman–Crippen MR) is 59.1 cm³/mol. The zero-order valence-electron chi connectivity index (χ0n) is 8.60. The Morgan fingerprint density at radius 2 is 2.27 bits per heavy atom. The molecule has 78 valence electrons.